The van der Waals surface area contributed by atoms with E-state index in [4.69, 9.17) is 9.57 Å². The number of aliphatic imine (C=N–C) groups is 1. The molecule has 1 atom stereocenters. The summed E-state index contributed by atoms with van der Waals surface area (Å²) in [4.78, 5) is 25.1. The molecule has 0 spiro atoms. The molecule has 1 fully saturated rings. The number of H-pyrrole nitrogens is 1. The number of nitrogens with one attached hydrogen (secondary N) is 3. The summed E-state index contributed by atoms with van der Waals surface area (Å²) in [6.45, 7) is 1.12. The van der Waals surface area contributed by atoms with Crippen molar-refractivity contribution in [3.05, 3.63) is 71.9 Å². The topological polar surface area (TPSA) is 87.7 Å². The molecule has 7 heteroatoms. The Morgan fingerprint density at radius 1 is 1.18 bits per heavy atom. The normalized spacial score (nSPS) is 17.6. The molecule has 1 saturated heterocycles. The maximum absolute atomic E-state index is 12.0. The predicted molar refractivity (Wildman–Crippen MR) is 107 cm³/mol. The van der Waals surface area contributed by atoms with Crippen molar-refractivity contribution in [1.82, 2.24) is 15.8 Å². The van der Waals surface area contributed by atoms with Crippen LogP contribution < -0.4 is 10.8 Å². The van der Waals surface area contributed by atoms with Crippen molar-refractivity contribution >= 4 is 22.8 Å². The van der Waals surface area contributed by atoms with Gasteiger partial charge in [0.2, 0.25) is 0 Å². The first-order chi connectivity index (χ1) is 13.8. The van der Waals surface area contributed by atoms with Gasteiger partial charge < -0.3 is 15.0 Å². The Morgan fingerprint density at radius 2 is 2.00 bits per heavy atom. The van der Waals surface area contributed by atoms with Crippen molar-refractivity contribution in [3.63, 3.8) is 0 Å². The van der Waals surface area contributed by atoms with E-state index >= 15 is 0 Å². The van der Waals surface area contributed by atoms with Crippen LogP contribution in [0.1, 0.15) is 11.1 Å². The quantitative estimate of drug-likeness (QED) is 0.615. The van der Waals surface area contributed by atoms with Crippen LogP contribution in [0.4, 0.5) is 4.79 Å². The van der Waals surface area contributed by atoms with Crippen LogP contribution in [-0.4, -0.2) is 36.1 Å². The first-order valence-corrected chi connectivity index (χ1v) is 9.24. The minimum Gasteiger partial charge on any atom is -0.445 e. The number of amides is 1. The van der Waals surface area contributed by atoms with Crippen LogP contribution in [0, 0.1) is 0 Å². The fourth-order valence-corrected chi connectivity index (χ4v) is 3.14. The second-order valence-corrected chi connectivity index (χ2v) is 6.55. The average molecular weight is 378 g/mol. The van der Waals surface area contributed by atoms with Gasteiger partial charge in [0.1, 0.15) is 25.1 Å². The third kappa shape index (κ3) is 4.32. The van der Waals surface area contributed by atoms with Gasteiger partial charge >= 0.3 is 6.09 Å². The number of aromatic amines is 1. The molecule has 3 aromatic rings. The van der Waals surface area contributed by atoms with E-state index in [9.17, 15) is 4.79 Å². The predicted octanol–water partition coefficient (Wildman–Crippen LogP) is 2.94. The summed E-state index contributed by atoms with van der Waals surface area (Å²) in [5.74, 6) is 0.608. The molecule has 1 aromatic heterocycles. The van der Waals surface area contributed by atoms with Gasteiger partial charge in [-0.3, -0.25) is 15.3 Å². The number of ether oxygens (including phenoxy) is 1. The number of hydrogen-bond donors (Lipinski definition) is 3. The lowest BCUT2D eigenvalue weighted by molar-refractivity contribution is 0.107. The Kier molecular flexibility index (Phi) is 5.53. The minimum absolute atomic E-state index is 0.223. The number of carbonyl (C=O) groups is 1. The third-order valence-electron chi connectivity index (χ3n) is 4.60. The van der Waals surface area contributed by atoms with Gasteiger partial charge in [-0.2, -0.15) is 0 Å². The number of alkyl carbamates (subject to hydrolysis) is 1. The van der Waals surface area contributed by atoms with E-state index in [0.29, 0.717) is 19.0 Å². The maximum atomic E-state index is 12.0. The zero-order valence-corrected chi connectivity index (χ0v) is 15.4. The number of benzene rings is 2. The van der Waals surface area contributed by atoms with Gasteiger partial charge in [0.05, 0.1) is 0 Å². The summed E-state index contributed by atoms with van der Waals surface area (Å²) >= 11 is 0. The molecule has 1 amide bonds. The van der Waals surface area contributed by atoms with E-state index in [1.54, 1.807) is 0 Å². The number of hydrogen-bond acceptors (Lipinski definition) is 4. The van der Waals surface area contributed by atoms with Gasteiger partial charge in [-0.25, -0.2) is 4.79 Å². The van der Waals surface area contributed by atoms with E-state index < -0.39 is 6.09 Å². The number of amidine groups is 1. The zero-order chi connectivity index (χ0) is 19.2. The maximum Gasteiger partial charge on any atom is 0.408 e. The molecule has 7 nitrogen and oxygen atoms in total. The molecule has 2 aromatic carbocycles. The minimum atomic E-state index is -0.495. The van der Waals surface area contributed by atoms with Crippen molar-refractivity contribution in [2.24, 2.45) is 4.99 Å². The molecule has 1 aliphatic rings. The lowest BCUT2D eigenvalue weighted by Gasteiger charge is -2.11. The lowest BCUT2D eigenvalue weighted by Crippen LogP contribution is -2.42. The summed E-state index contributed by atoms with van der Waals surface area (Å²) < 4.78 is 5.26. The molecule has 1 aliphatic heterocycles. The molecule has 144 valence electrons. The summed E-state index contributed by atoms with van der Waals surface area (Å²) in [5, 5.41) is 3.99. The van der Waals surface area contributed by atoms with Crippen LogP contribution in [-0.2, 0) is 22.6 Å². The van der Waals surface area contributed by atoms with Crippen LogP contribution in [0.25, 0.3) is 10.9 Å². The number of carbonyl (C=O) groups excluding carboxylic acids is 1. The van der Waals surface area contributed by atoms with Crippen molar-refractivity contribution in [3.8, 4) is 0 Å². The molecule has 28 heavy (non-hydrogen) atoms. The van der Waals surface area contributed by atoms with Gasteiger partial charge in [-0.05, 0) is 23.6 Å². The van der Waals surface area contributed by atoms with Crippen LogP contribution in [0.2, 0.25) is 0 Å². The van der Waals surface area contributed by atoms with Gasteiger partial charge in [-0.15, -0.1) is 0 Å². The monoisotopic (exact) mass is 378 g/mol. The molecular formula is C21H22N4O3. The Hall–Kier alpha value is -3.32. The highest BCUT2D eigenvalue weighted by atomic mass is 16.7. The lowest BCUT2D eigenvalue weighted by atomic mass is 10.1. The van der Waals surface area contributed by atoms with E-state index in [1.807, 2.05) is 48.7 Å². The van der Waals surface area contributed by atoms with Crippen LogP contribution in [0.3, 0.4) is 0 Å². The fraction of sp³-hybridized carbons (Fsp3) is 0.238. The molecule has 0 radical (unpaired) electrons. The number of rotatable bonds is 6. The van der Waals surface area contributed by atoms with Crippen molar-refractivity contribution in [2.45, 2.75) is 19.1 Å². The smallest absolute Gasteiger partial charge is 0.408 e. The van der Waals surface area contributed by atoms with Crippen LogP contribution >= 0.6 is 0 Å². The molecule has 1 unspecified atom stereocenters. The van der Waals surface area contributed by atoms with Crippen LogP contribution in [0.15, 0.2) is 65.8 Å². The van der Waals surface area contributed by atoms with Crippen molar-refractivity contribution in [1.29, 1.82) is 0 Å². The molecule has 0 aliphatic carbocycles. The second-order valence-electron chi connectivity index (χ2n) is 6.55. The van der Waals surface area contributed by atoms with Gasteiger partial charge in [0.25, 0.3) is 0 Å². The van der Waals surface area contributed by atoms with Crippen LogP contribution in [0.5, 0.6) is 0 Å². The summed E-state index contributed by atoms with van der Waals surface area (Å²) in [6, 6.07) is 17.4. The average Bonchev–Trinajstić information content (AvgIpc) is 3.34. The van der Waals surface area contributed by atoms with Gasteiger partial charge in [-0.1, -0.05) is 48.5 Å². The number of aromatic nitrogens is 1. The van der Waals surface area contributed by atoms with Gasteiger partial charge in [0, 0.05) is 23.6 Å². The summed E-state index contributed by atoms with van der Waals surface area (Å²) in [7, 11) is 0. The third-order valence-corrected chi connectivity index (χ3v) is 4.60. The number of nitrogens with zero attached hydrogens (tertiary/aromatic N) is 1. The highest BCUT2D eigenvalue weighted by molar-refractivity contribution is 5.91. The van der Waals surface area contributed by atoms with Gasteiger partial charge in [0.15, 0.2) is 0 Å². The van der Waals surface area contributed by atoms with Crippen molar-refractivity contribution < 1.29 is 14.4 Å². The number of hydroxylamine groups is 1. The fourth-order valence-electron chi connectivity index (χ4n) is 3.14. The highest BCUT2D eigenvalue weighted by Crippen LogP contribution is 2.18. The Bertz CT molecular complexity index is 968. The molecule has 4 rings (SSSR count). The van der Waals surface area contributed by atoms with E-state index in [1.165, 1.54) is 10.9 Å². The first kappa shape index (κ1) is 18.1. The first-order valence-electron chi connectivity index (χ1n) is 9.24. The molecule has 0 bridgehead atoms. The molecule has 3 N–H and O–H groups in total. The largest absolute Gasteiger partial charge is 0.445 e. The molecular weight excluding hydrogens is 356 g/mol. The second kappa shape index (κ2) is 8.58. The summed E-state index contributed by atoms with van der Waals surface area (Å²) in [5.41, 5.74) is 6.04. The van der Waals surface area contributed by atoms with E-state index in [0.717, 1.165) is 17.5 Å². The van der Waals surface area contributed by atoms with E-state index in [-0.39, 0.29) is 12.6 Å². The summed E-state index contributed by atoms with van der Waals surface area (Å²) in [6.07, 6.45) is 2.31. The Labute approximate surface area is 162 Å². The zero-order valence-electron chi connectivity index (χ0n) is 15.4. The Morgan fingerprint density at radius 3 is 2.89 bits per heavy atom. The van der Waals surface area contributed by atoms with Crippen molar-refractivity contribution in [2.75, 3.05) is 13.2 Å². The standard InChI is InChI=1S/C21H22N4O3/c26-21(27-13-15-6-2-1-3-7-15)24-19-14-28-25-20(19)22-11-10-16-12-23-18-9-5-4-8-17(16)18/h1-9,12,19,23H,10-11,13-14H2,(H,22,25)(H,24,26). The van der Waals surface area contributed by atoms with E-state index in [2.05, 4.69) is 32.9 Å². The number of para-hydroxylation sites is 1. The molecule has 0 saturated carbocycles. The number of fused-ring (bicyclic) bond motifs is 1. The molecule has 2 heterocycles. The Balaban J connectivity index is 1.29. The SMILES string of the molecule is O=C(NC1CONC1=NCCc1c[nH]c2ccccc12)OCc1ccccc1. The highest BCUT2D eigenvalue weighted by Gasteiger charge is 2.25.